The van der Waals surface area contributed by atoms with Crippen LogP contribution in [0.1, 0.15) is 15.9 Å². The SMILES string of the molecule is Cc1cccn2c(NC(=O)c3ccc4c(c3)OCO4)c(-c3ccc(Cl)c(Cl)c3)nc12. The predicted octanol–water partition coefficient (Wildman–Crippen LogP) is 5.60. The highest BCUT2D eigenvalue weighted by Gasteiger charge is 2.21. The summed E-state index contributed by atoms with van der Waals surface area (Å²) in [5.41, 5.74) is 3.49. The van der Waals surface area contributed by atoms with Crippen molar-refractivity contribution in [3.63, 3.8) is 0 Å². The lowest BCUT2D eigenvalue weighted by Gasteiger charge is -2.09. The number of imidazole rings is 1. The van der Waals surface area contributed by atoms with Gasteiger partial charge in [-0.3, -0.25) is 9.20 Å². The molecule has 4 aromatic rings. The molecule has 1 aliphatic rings. The van der Waals surface area contributed by atoms with Crippen LogP contribution in [0.3, 0.4) is 0 Å². The van der Waals surface area contributed by atoms with Gasteiger partial charge in [0.25, 0.3) is 5.91 Å². The van der Waals surface area contributed by atoms with Crippen LogP contribution in [-0.4, -0.2) is 22.1 Å². The van der Waals surface area contributed by atoms with Crippen LogP contribution in [-0.2, 0) is 0 Å². The quantitative estimate of drug-likeness (QED) is 0.451. The van der Waals surface area contributed by atoms with Gasteiger partial charge in [0.15, 0.2) is 11.5 Å². The van der Waals surface area contributed by atoms with Crippen molar-refractivity contribution in [1.29, 1.82) is 0 Å². The summed E-state index contributed by atoms with van der Waals surface area (Å²) in [7, 11) is 0. The molecule has 0 atom stereocenters. The first-order chi connectivity index (χ1) is 14.5. The average Bonchev–Trinajstić information content (AvgIpc) is 3.35. The molecule has 8 heteroatoms. The lowest BCUT2D eigenvalue weighted by Crippen LogP contribution is -2.14. The average molecular weight is 440 g/mol. The van der Waals surface area contributed by atoms with E-state index in [2.05, 4.69) is 5.32 Å². The summed E-state index contributed by atoms with van der Waals surface area (Å²) < 4.78 is 12.5. The third-order valence-electron chi connectivity index (χ3n) is 4.90. The van der Waals surface area contributed by atoms with Gasteiger partial charge in [-0.2, -0.15) is 0 Å². The van der Waals surface area contributed by atoms with Gasteiger partial charge in [-0.25, -0.2) is 4.98 Å². The highest BCUT2D eigenvalue weighted by molar-refractivity contribution is 6.42. The van der Waals surface area contributed by atoms with Crippen LogP contribution in [0.5, 0.6) is 11.5 Å². The highest BCUT2D eigenvalue weighted by Crippen LogP contribution is 2.35. The minimum absolute atomic E-state index is 0.147. The molecule has 0 fully saturated rings. The molecular formula is C22H15Cl2N3O3. The Morgan fingerprint density at radius 1 is 1.07 bits per heavy atom. The van der Waals surface area contributed by atoms with Crippen LogP contribution in [0.15, 0.2) is 54.7 Å². The van der Waals surface area contributed by atoms with Crippen molar-refractivity contribution in [2.24, 2.45) is 0 Å². The smallest absolute Gasteiger partial charge is 0.256 e. The van der Waals surface area contributed by atoms with E-state index in [4.69, 9.17) is 37.7 Å². The highest BCUT2D eigenvalue weighted by atomic mass is 35.5. The van der Waals surface area contributed by atoms with E-state index >= 15 is 0 Å². The summed E-state index contributed by atoms with van der Waals surface area (Å²) in [6, 6.07) is 14.2. The number of amides is 1. The lowest BCUT2D eigenvalue weighted by molar-refractivity contribution is 0.102. The zero-order valence-electron chi connectivity index (χ0n) is 15.8. The van der Waals surface area contributed by atoms with E-state index in [1.807, 2.05) is 35.7 Å². The Hall–Kier alpha value is -3.22. The van der Waals surface area contributed by atoms with Gasteiger partial charge in [-0.15, -0.1) is 0 Å². The van der Waals surface area contributed by atoms with E-state index in [9.17, 15) is 4.79 Å². The number of anilines is 1. The Labute approximate surface area is 182 Å². The molecule has 1 N–H and O–H groups in total. The van der Waals surface area contributed by atoms with E-state index in [1.54, 1.807) is 30.3 Å². The summed E-state index contributed by atoms with van der Waals surface area (Å²) in [5, 5.41) is 3.85. The van der Waals surface area contributed by atoms with Crippen LogP contribution in [0.4, 0.5) is 5.82 Å². The Morgan fingerprint density at radius 3 is 2.73 bits per heavy atom. The summed E-state index contributed by atoms with van der Waals surface area (Å²) in [6.45, 7) is 2.11. The first-order valence-electron chi connectivity index (χ1n) is 9.15. The summed E-state index contributed by atoms with van der Waals surface area (Å²) in [6.07, 6.45) is 1.85. The van der Waals surface area contributed by atoms with Gasteiger partial charge in [-0.05, 0) is 48.9 Å². The maximum absolute atomic E-state index is 13.0. The largest absolute Gasteiger partial charge is 0.454 e. The van der Waals surface area contributed by atoms with Gasteiger partial charge in [-0.1, -0.05) is 35.3 Å². The molecule has 0 saturated heterocycles. The Balaban J connectivity index is 1.61. The normalized spacial score (nSPS) is 12.4. The molecule has 6 nitrogen and oxygen atoms in total. The van der Waals surface area contributed by atoms with Crippen molar-refractivity contribution in [1.82, 2.24) is 9.38 Å². The van der Waals surface area contributed by atoms with Crippen LogP contribution in [0.2, 0.25) is 10.0 Å². The lowest BCUT2D eigenvalue weighted by atomic mass is 10.1. The molecule has 0 saturated carbocycles. The maximum atomic E-state index is 13.0. The number of nitrogens with zero attached hydrogens (tertiary/aromatic N) is 2. The second-order valence-corrected chi connectivity index (χ2v) is 7.66. The van der Waals surface area contributed by atoms with Gasteiger partial charge in [0.05, 0.1) is 10.0 Å². The molecule has 1 aliphatic heterocycles. The molecule has 0 unspecified atom stereocenters. The second-order valence-electron chi connectivity index (χ2n) is 6.84. The Morgan fingerprint density at radius 2 is 1.90 bits per heavy atom. The molecule has 1 amide bonds. The van der Waals surface area contributed by atoms with E-state index in [0.717, 1.165) is 16.8 Å². The number of carbonyl (C=O) groups is 1. The number of aromatic nitrogens is 2. The third-order valence-corrected chi connectivity index (χ3v) is 5.64. The van der Waals surface area contributed by atoms with E-state index < -0.39 is 0 Å². The molecule has 0 spiro atoms. The van der Waals surface area contributed by atoms with Crippen molar-refractivity contribution < 1.29 is 14.3 Å². The number of benzene rings is 2. The molecule has 3 heterocycles. The van der Waals surface area contributed by atoms with Crippen molar-refractivity contribution >= 4 is 40.6 Å². The summed E-state index contributed by atoms with van der Waals surface area (Å²) in [4.78, 5) is 17.8. The van der Waals surface area contributed by atoms with E-state index in [-0.39, 0.29) is 12.7 Å². The minimum Gasteiger partial charge on any atom is -0.454 e. The Kier molecular flexibility index (Phi) is 4.53. The third kappa shape index (κ3) is 3.14. The Bertz CT molecular complexity index is 1320. The molecule has 5 rings (SSSR count). The standard InChI is InChI=1S/C22H15Cl2N3O3/c1-12-3-2-8-27-20(12)25-19(13-4-6-15(23)16(24)9-13)21(27)26-22(28)14-5-7-17-18(10-14)30-11-29-17/h2-10H,11H2,1H3,(H,26,28). The maximum Gasteiger partial charge on any atom is 0.256 e. The van der Waals surface area contributed by atoms with Crippen molar-refractivity contribution in [2.45, 2.75) is 6.92 Å². The molecule has 30 heavy (non-hydrogen) atoms. The van der Waals surface area contributed by atoms with Crippen LogP contribution in [0.25, 0.3) is 16.9 Å². The fourth-order valence-corrected chi connectivity index (χ4v) is 3.68. The number of ether oxygens (including phenoxy) is 2. The molecule has 2 aromatic carbocycles. The summed E-state index contributed by atoms with van der Waals surface area (Å²) in [5.74, 6) is 1.41. The fourth-order valence-electron chi connectivity index (χ4n) is 3.39. The monoisotopic (exact) mass is 439 g/mol. The molecule has 0 radical (unpaired) electrons. The van der Waals surface area contributed by atoms with Gasteiger partial charge in [0, 0.05) is 17.3 Å². The van der Waals surface area contributed by atoms with Crippen molar-refractivity contribution in [3.05, 3.63) is 75.9 Å². The molecule has 0 bridgehead atoms. The molecule has 2 aromatic heterocycles. The van der Waals surface area contributed by atoms with E-state index in [1.165, 1.54) is 0 Å². The number of fused-ring (bicyclic) bond motifs is 2. The van der Waals surface area contributed by atoms with Crippen molar-refractivity contribution in [3.8, 4) is 22.8 Å². The molecule has 0 aliphatic carbocycles. The van der Waals surface area contributed by atoms with Crippen LogP contribution < -0.4 is 14.8 Å². The number of nitrogens with one attached hydrogen (secondary N) is 1. The van der Waals surface area contributed by atoms with Crippen LogP contribution in [0, 0.1) is 6.92 Å². The molecule has 150 valence electrons. The second kappa shape index (κ2) is 7.23. The van der Waals surface area contributed by atoms with Crippen LogP contribution >= 0.6 is 23.2 Å². The number of rotatable bonds is 3. The number of hydrogen-bond donors (Lipinski definition) is 1. The van der Waals surface area contributed by atoms with Gasteiger partial charge in [0.1, 0.15) is 17.2 Å². The first-order valence-corrected chi connectivity index (χ1v) is 9.91. The number of carbonyl (C=O) groups excluding carboxylic acids is 1. The molecular weight excluding hydrogens is 425 g/mol. The van der Waals surface area contributed by atoms with Gasteiger partial charge < -0.3 is 14.8 Å². The zero-order valence-corrected chi connectivity index (χ0v) is 17.3. The van der Waals surface area contributed by atoms with Gasteiger partial charge in [0.2, 0.25) is 6.79 Å². The van der Waals surface area contributed by atoms with Crippen molar-refractivity contribution in [2.75, 3.05) is 12.1 Å². The number of pyridine rings is 1. The predicted molar refractivity (Wildman–Crippen MR) is 116 cm³/mol. The number of aryl methyl sites for hydroxylation is 1. The minimum atomic E-state index is -0.294. The zero-order chi connectivity index (χ0) is 20.8. The fraction of sp³-hybridized carbons (Fsp3) is 0.0909. The van der Waals surface area contributed by atoms with E-state index in [0.29, 0.717) is 38.6 Å². The van der Waals surface area contributed by atoms with Gasteiger partial charge >= 0.3 is 0 Å². The number of halogens is 2. The first kappa shape index (κ1) is 18.8. The summed E-state index contributed by atoms with van der Waals surface area (Å²) >= 11 is 12.3. The number of hydrogen-bond acceptors (Lipinski definition) is 4. The topological polar surface area (TPSA) is 64.9 Å².